The van der Waals surface area contributed by atoms with Crippen molar-refractivity contribution in [1.29, 1.82) is 0 Å². The Bertz CT molecular complexity index is 215. The lowest BCUT2D eigenvalue weighted by molar-refractivity contribution is 0.657. The molecule has 1 aromatic rings. The second kappa shape index (κ2) is 3.53. The molecule has 1 aromatic heterocycles. The number of hydrogen-bond acceptors (Lipinski definition) is 2. The second-order valence-corrected chi connectivity index (χ2v) is 3.06. The van der Waals surface area contributed by atoms with Crippen LogP contribution in [0.4, 0.5) is 0 Å². The molecule has 1 heterocycles. The Morgan fingerprint density at radius 1 is 1.73 bits per heavy atom. The molecule has 1 atom stereocenters. The van der Waals surface area contributed by atoms with Gasteiger partial charge in [0.15, 0.2) is 0 Å². The third kappa shape index (κ3) is 2.72. The summed E-state index contributed by atoms with van der Waals surface area (Å²) >= 11 is 0. The van der Waals surface area contributed by atoms with E-state index >= 15 is 0 Å². The van der Waals surface area contributed by atoms with E-state index in [4.69, 9.17) is 5.73 Å². The van der Waals surface area contributed by atoms with E-state index in [1.54, 1.807) is 0 Å². The molecule has 0 fully saturated rings. The van der Waals surface area contributed by atoms with Crippen molar-refractivity contribution in [3.8, 4) is 0 Å². The highest BCUT2D eigenvalue weighted by molar-refractivity contribution is 5.06. The molecule has 3 nitrogen and oxygen atoms in total. The van der Waals surface area contributed by atoms with Gasteiger partial charge in [-0.3, -0.25) is 5.10 Å². The van der Waals surface area contributed by atoms with Gasteiger partial charge in [0, 0.05) is 11.7 Å². The summed E-state index contributed by atoms with van der Waals surface area (Å²) < 4.78 is 0. The van der Waals surface area contributed by atoms with E-state index in [2.05, 4.69) is 16.3 Å². The Kier molecular flexibility index (Phi) is 2.65. The number of aromatic nitrogens is 2. The van der Waals surface area contributed by atoms with Gasteiger partial charge in [-0.2, -0.15) is 5.10 Å². The highest BCUT2D eigenvalue weighted by Crippen LogP contribution is 2.02. The SMILES string of the molecule is Cc1cc(CC[C@@H](C)N)n[nH]1. The molecule has 1 rings (SSSR count). The number of nitrogens with zero attached hydrogens (tertiary/aromatic N) is 1. The Balaban J connectivity index is 2.39. The average molecular weight is 153 g/mol. The van der Waals surface area contributed by atoms with Crippen molar-refractivity contribution < 1.29 is 0 Å². The molecule has 3 N–H and O–H groups in total. The van der Waals surface area contributed by atoms with Crippen molar-refractivity contribution in [3.63, 3.8) is 0 Å². The minimum atomic E-state index is 0.270. The molecule has 0 aromatic carbocycles. The molecular weight excluding hydrogens is 138 g/mol. The van der Waals surface area contributed by atoms with E-state index in [0.29, 0.717) is 0 Å². The lowest BCUT2D eigenvalue weighted by Crippen LogP contribution is -2.15. The minimum Gasteiger partial charge on any atom is -0.328 e. The summed E-state index contributed by atoms with van der Waals surface area (Å²) in [6.45, 7) is 4.02. The van der Waals surface area contributed by atoms with Gasteiger partial charge in [0.2, 0.25) is 0 Å². The van der Waals surface area contributed by atoms with Gasteiger partial charge in [-0.05, 0) is 32.8 Å². The van der Waals surface area contributed by atoms with Crippen molar-refractivity contribution in [2.45, 2.75) is 32.7 Å². The van der Waals surface area contributed by atoms with Crippen molar-refractivity contribution in [2.75, 3.05) is 0 Å². The standard InChI is InChI=1S/C8H15N3/c1-6(9)3-4-8-5-7(2)10-11-8/h5-6H,3-4,9H2,1-2H3,(H,10,11)/t6-/m1/s1. The first kappa shape index (κ1) is 8.27. The molecule has 0 aliphatic rings. The van der Waals surface area contributed by atoms with Crippen LogP contribution in [0.3, 0.4) is 0 Å². The Labute approximate surface area is 67.0 Å². The van der Waals surface area contributed by atoms with Crippen molar-refractivity contribution >= 4 is 0 Å². The molecule has 62 valence electrons. The third-order valence-corrected chi connectivity index (χ3v) is 1.61. The lowest BCUT2D eigenvalue weighted by atomic mass is 10.1. The van der Waals surface area contributed by atoms with E-state index in [9.17, 15) is 0 Å². The van der Waals surface area contributed by atoms with Crippen molar-refractivity contribution in [2.24, 2.45) is 5.73 Å². The van der Waals surface area contributed by atoms with E-state index in [1.807, 2.05) is 13.8 Å². The maximum atomic E-state index is 5.61. The molecule has 0 spiro atoms. The van der Waals surface area contributed by atoms with Crippen LogP contribution in [0.2, 0.25) is 0 Å². The Morgan fingerprint density at radius 3 is 2.91 bits per heavy atom. The molecule has 0 saturated heterocycles. The van der Waals surface area contributed by atoms with Crippen LogP contribution in [0, 0.1) is 6.92 Å². The summed E-state index contributed by atoms with van der Waals surface area (Å²) in [5.74, 6) is 0. The van der Waals surface area contributed by atoms with Crippen LogP contribution >= 0.6 is 0 Å². The van der Waals surface area contributed by atoms with Gasteiger partial charge in [0.25, 0.3) is 0 Å². The molecule has 3 heteroatoms. The summed E-state index contributed by atoms with van der Waals surface area (Å²) in [6, 6.07) is 2.33. The van der Waals surface area contributed by atoms with Crippen LogP contribution in [-0.2, 0) is 6.42 Å². The van der Waals surface area contributed by atoms with Crippen LogP contribution in [0.1, 0.15) is 24.7 Å². The molecular formula is C8H15N3. The van der Waals surface area contributed by atoms with Crippen LogP contribution in [-0.4, -0.2) is 16.2 Å². The fourth-order valence-electron chi connectivity index (χ4n) is 0.978. The Hall–Kier alpha value is -0.830. The summed E-state index contributed by atoms with van der Waals surface area (Å²) in [7, 11) is 0. The molecule has 0 aliphatic carbocycles. The predicted octanol–water partition coefficient (Wildman–Crippen LogP) is 0.998. The maximum Gasteiger partial charge on any atom is 0.0625 e. The number of rotatable bonds is 3. The van der Waals surface area contributed by atoms with Crippen molar-refractivity contribution in [1.82, 2.24) is 10.2 Å². The summed E-state index contributed by atoms with van der Waals surface area (Å²) in [5, 5.41) is 7.01. The lowest BCUT2D eigenvalue weighted by Gasteiger charge is -2.00. The predicted molar refractivity (Wildman–Crippen MR) is 45.3 cm³/mol. The van der Waals surface area contributed by atoms with Gasteiger partial charge >= 0.3 is 0 Å². The number of nitrogens with one attached hydrogen (secondary N) is 1. The quantitative estimate of drug-likeness (QED) is 0.680. The van der Waals surface area contributed by atoms with Gasteiger partial charge in [-0.15, -0.1) is 0 Å². The topological polar surface area (TPSA) is 54.7 Å². The largest absolute Gasteiger partial charge is 0.328 e. The minimum absolute atomic E-state index is 0.270. The molecule has 0 saturated carbocycles. The summed E-state index contributed by atoms with van der Waals surface area (Å²) in [5.41, 5.74) is 7.84. The van der Waals surface area contributed by atoms with Crippen LogP contribution < -0.4 is 5.73 Å². The summed E-state index contributed by atoms with van der Waals surface area (Å²) in [6.07, 6.45) is 1.98. The first-order valence-corrected chi connectivity index (χ1v) is 3.95. The number of aromatic amines is 1. The fourth-order valence-corrected chi connectivity index (χ4v) is 0.978. The molecule has 0 unspecified atom stereocenters. The van der Waals surface area contributed by atoms with Gasteiger partial charge in [0.05, 0.1) is 5.69 Å². The number of nitrogens with two attached hydrogens (primary N) is 1. The van der Waals surface area contributed by atoms with Gasteiger partial charge < -0.3 is 5.73 Å². The van der Waals surface area contributed by atoms with Gasteiger partial charge in [-0.1, -0.05) is 0 Å². The zero-order valence-corrected chi connectivity index (χ0v) is 7.09. The molecule has 0 aliphatic heterocycles. The second-order valence-electron chi connectivity index (χ2n) is 3.06. The number of aryl methyl sites for hydroxylation is 2. The average Bonchev–Trinajstić information content (AvgIpc) is 2.31. The van der Waals surface area contributed by atoms with E-state index in [1.165, 1.54) is 0 Å². The first-order valence-electron chi connectivity index (χ1n) is 3.95. The maximum absolute atomic E-state index is 5.61. The van der Waals surface area contributed by atoms with Crippen LogP contribution in [0.5, 0.6) is 0 Å². The Morgan fingerprint density at radius 2 is 2.45 bits per heavy atom. The number of hydrogen-bond donors (Lipinski definition) is 2. The van der Waals surface area contributed by atoms with Gasteiger partial charge in [-0.25, -0.2) is 0 Å². The highest BCUT2D eigenvalue weighted by atomic mass is 15.1. The molecule has 11 heavy (non-hydrogen) atoms. The van der Waals surface area contributed by atoms with E-state index in [0.717, 1.165) is 24.2 Å². The zero-order chi connectivity index (χ0) is 8.27. The van der Waals surface area contributed by atoms with E-state index in [-0.39, 0.29) is 6.04 Å². The fraction of sp³-hybridized carbons (Fsp3) is 0.625. The first-order chi connectivity index (χ1) is 5.18. The summed E-state index contributed by atoms with van der Waals surface area (Å²) in [4.78, 5) is 0. The molecule has 0 radical (unpaired) electrons. The highest BCUT2D eigenvalue weighted by Gasteiger charge is 1.99. The third-order valence-electron chi connectivity index (χ3n) is 1.61. The molecule has 0 amide bonds. The zero-order valence-electron chi connectivity index (χ0n) is 7.09. The number of H-pyrrole nitrogens is 1. The molecule has 0 bridgehead atoms. The van der Waals surface area contributed by atoms with Gasteiger partial charge in [0.1, 0.15) is 0 Å². The van der Waals surface area contributed by atoms with Crippen LogP contribution in [0.25, 0.3) is 0 Å². The normalized spacial score (nSPS) is 13.4. The van der Waals surface area contributed by atoms with Crippen molar-refractivity contribution in [3.05, 3.63) is 17.5 Å². The smallest absolute Gasteiger partial charge is 0.0625 e. The van der Waals surface area contributed by atoms with E-state index < -0.39 is 0 Å². The monoisotopic (exact) mass is 153 g/mol. The van der Waals surface area contributed by atoms with Crippen LogP contribution in [0.15, 0.2) is 6.07 Å².